The van der Waals surface area contributed by atoms with E-state index >= 15 is 0 Å². The van der Waals surface area contributed by atoms with Crippen molar-refractivity contribution in [3.63, 3.8) is 0 Å². The van der Waals surface area contributed by atoms with Gasteiger partial charge in [0.2, 0.25) is 0 Å². The molecule has 1 aromatic heterocycles. The first-order valence-electron chi connectivity index (χ1n) is 8.16. The summed E-state index contributed by atoms with van der Waals surface area (Å²) in [6.07, 6.45) is 8.53. The van der Waals surface area contributed by atoms with Crippen molar-refractivity contribution in [3.8, 4) is 0 Å². The Morgan fingerprint density at radius 1 is 1.33 bits per heavy atom. The fourth-order valence-corrected chi connectivity index (χ4v) is 3.46. The second kappa shape index (κ2) is 6.56. The molecule has 2 fully saturated rings. The van der Waals surface area contributed by atoms with E-state index < -0.39 is 0 Å². The van der Waals surface area contributed by atoms with Gasteiger partial charge < -0.3 is 10.6 Å². The lowest BCUT2D eigenvalue weighted by Crippen LogP contribution is -2.38. The molecule has 2 N–H and O–H groups in total. The highest BCUT2D eigenvalue weighted by molar-refractivity contribution is 5.92. The molecule has 6 heteroatoms. The lowest BCUT2D eigenvalue weighted by atomic mass is 9.87. The van der Waals surface area contributed by atoms with Crippen LogP contribution in [0.5, 0.6) is 0 Å². The monoisotopic (exact) mass is 291 g/mol. The Morgan fingerprint density at radius 2 is 2.14 bits per heavy atom. The minimum absolute atomic E-state index is 0.0747. The second-order valence-electron chi connectivity index (χ2n) is 6.51. The normalized spacial score (nSPS) is 27.5. The summed E-state index contributed by atoms with van der Waals surface area (Å²) in [5.74, 6) is 0.628. The van der Waals surface area contributed by atoms with Gasteiger partial charge >= 0.3 is 0 Å². The molecule has 1 aliphatic carbocycles. The molecule has 2 aliphatic rings. The van der Waals surface area contributed by atoms with E-state index in [1.54, 1.807) is 6.20 Å². The van der Waals surface area contributed by atoms with E-state index in [-0.39, 0.29) is 5.91 Å². The topological polar surface area (TPSA) is 71.8 Å². The smallest absolute Gasteiger partial charge is 0.273 e. The Labute approximate surface area is 125 Å². The van der Waals surface area contributed by atoms with Gasteiger partial charge in [-0.05, 0) is 44.7 Å². The Bertz CT molecular complexity index is 480. The van der Waals surface area contributed by atoms with Crippen LogP contribution in [0, 0.1) is 5.92 Å². The number of carbonyl (C=O) groups is 1. The van der Waals surface area contributed by atoms with Crippen molar-refractivity contribution in [1.82, 2.24) is 25.6 Å². The van der Waals surface area contributed by atoms with Crippen LogP contribution >= 0.6 is 0 Å². The number of hydrogen-bond acceptors (Lipinski definition) is 4. The molecule has 1 saturated heterocycles. The van der Waals surface area contributed by atoms with Gasteiger partial charge in [0.25, 0.3) is 5.91 Å². The fourth-order valence-electron chi connectivity index (χ4n) is 3.46. The highest BCUT2D eigenvalue weighted by atomic mass is 16.2. The van der Waals surface area contributed by atoms with E-state index in [0.717, 1.165) is 38.8 Å². The summed E-state index contributed by atoms with van der Waals surface area (Å²) in [6, 6.07) is 0.667. The lowest BCUT2D eigenvalue weighted by molar-refractivity contribution is 0.0916. The maximum absolute atomic E-state index is 12.3. The molecule has 0 radical (unpaired) electrons. The molecule has 2 atom stereocenters. The van der Waals surface area contributed by atoms with Crippen LogP contribution in [0.4, 0.5) is 0 Å². The van der Waals surface area contributed by atoms with Crippen molar-refractivity contribution in [1.29, 1.82) is 0 Å². The van der Waals surface area contributed by atoms with Crippen LogP contribution in [-0.2, 0) is 0 Å². The zero-order valence-electron chi connectivity index (χ0n) is 12.7. The molecule has 21 heavy (non-hydrogen) atoms. The molecule has 1 aromatic rings. The van der Waals surface area contributed by atoms with E-state index in [2.05, 4.69) is 27.9 Å². The average molecular weight is 291 g/mol. The first-order valence-corrected chi connectivity index (χ1v) is 8.16. The summed E-state index contributed by atoms with van der Waals surface area (Å²) in [5, 5.41) is 14.6. The maximum Gasteiger partial charge on any atom is 0.273 e. The molecule has 3 rings (SSSR count). The van der Waals surface area contributed by atoms with Gasteiger partial charge in [-0.25, -0.2) is 4.68 Å². The summed E-state index contributed by atoms with van der Waals surface area (Å²) in [6.45, 7) is 4.27. The first-order chi connectivity index (χ1) is 10.2. The standard InChI is InChI=1S/C15H25N5O/c1-11-3-2-4-12(9-11)17-15(21)14-10-20(19-18-14)13-5-7-16-8-6-13/h10-13,16H,2-9H2,1H3,(H,17,21). The van der Waals surface area contributed by atoms with Gasteiger partial charge in [-0.3, -0.25) is 4.79 Å². The average Bonchev–Trinajstić information content (AvgIpc) is 2.98. The Hall–Kier alpha value is -1.43. The third kappa shape index (κ3) is 3.61. The molecule has 0 spiro atoms. The van der Waals surface area contributed by atoms with Crippen LogP contribution in [0.15, 0.2) is 6.20 Å². The van der Waals surface area contributed by atoms with E-state index in [1.165, 1.54) is 12.8 Å². The van der Waals surface area contributed by atoms with Crippen LogP contribution < -0.4 is 10.6 Å². The van der Waals surface area contributed by atoms with Crippen LogP contribution in [0.1, 0.15) is 62.0 Å². The predicted molar refractivity (Wildman–Crippen MR) is 80.0 cm³/mol. The zero-order valence-corrected chi connectivity index (χ0v) is 12.7. The highest BCUT2D eigenvalue weighted by Gasteiger charge is 2.23. The van der Waals surface area contributed by atoms with E-state index in [9.17, 15) is 4.79 Å². The summed E-state index contributed by atoms with van der Waals surface area (Å²) in [5.41, 5.74) is 0.451. The van der Waals surface area contributed by atoms with Gasteiger partial charge in [0.1, 0.15) is 0 Å². The van der Waals surface area contributed by atoms with Crippen molar-refractivity contribution in [2.75, 3.05) is 13.1 Å². The van der Waals surface area contributed by atoms with E-state index in [1.807, 2.05) is 4.68 Å². The molecule has 1 saturated carbocycles. The number of rotatable bonds is 3. The van der Waals surface area contributed by atoms with Gasteiger partial charge in [-0.15, -0.1) is 5.10 Å². The molecule has 1 amide bonds. The van der Waals surface area contributed by atoms with Crippen LogP contribution in [0.25, 0.3) is 0 Å². The summed E-state index contributed by atoms with van der Waals surface area (Å²) < 4.78 is 1.86. The minimum Gasteiger partial charge on any atom is -0.348 e. The number of hydrogen-bond donors (Lipinski definition) is 2. The van der Waals surface area contributed by atoms with Crippen LogP contribution in [0.3, 0.4) is 0 Å². The molecule has 2 heterocycles. The first kappa shape index (κ1) is 14.5. The highest BCUT2D eigenvalue weighted by Crippen LogP contribution is 2.23. The van der Waals surface area contributed by atoms with Gasteiger partial charge in [0.05, 0.1) is 12.2 Å². The second-order valence-corrected chi connectivity index (χ2v) is 6.51. The number of nitrogens with zero attached hydrogens (tertiary/aromatic N) is 3. The van der Waals surface area contributed by atoms with Crippen molar-refractivity contribution in [2.45, 2.75) is 57.5 Å². The molecular formula is C15H25N5O. The number of amides is 1. The largest absolute Gasteiger partial charge is 0.348 e. The van der Waals surface area contributed by atoms with Crippen molar-refractivity contribution >= 4 is 5.91 Å². The number of piperidine rings is 1. The maximum atomic E-state index is 12.3. The summed E-state index contributed by atoms with van der Waals surface area (Å²) >= 11 is 0. The number of nitrogens with one attached hydrogen (secondary N) is 2. The molecule has 0 bridgehead atoms. The van der Waals surface area contributed by atoms with E-state index in [4.69, 9.17) is 0 Å². The third-order valence-electron chi connectivity index (χ3n) is 4.70. The van der Waals surface area contributed by atoms with Crippen molar-refractivity contribution < 1.29 is 4.79 Å². The number of aromatic nitrogens is 3. The van der Waals surface area contributed by atoms with E-state index in [0.29, 0.717) is 23.7 Å². The van der Waals surface area contributed by atoms with Gasteiger partial charge in [-0.1, -0.05) is 25.0 Å². The fraction of sp³-hybridized carbons (Fsp3) is 0.800. The SMILES string of the molecule is CC1CCCC(NC(=O)c2cn(C3CCNCC3)nn2)C1. The number of carbonyl (C=O) groups excluding carboxylic acids is 1. The predicted octanol–water partition coefficient (Wildman–Crippen LogP) is 1.51. The molecule has 0 aromatic carbocycles. The van der Waals surface area contributed by atoms with Gasteiger partial charge in [0.15, 0.2) is 5.69 Å². The summed E-state index contributed by atoms with van der Waals surface area (Å²) in [4.78, 5) is 12.3. The molecular weight excluding hydrogens is 266 g/mol. The van der Waals surface area contributed by atoms with Gasteiger partial charge in [-0.2, -0.15) is 0 Å². The lowest BCUT2D eigenvalue weighted by Gasteiger charge is -2.27. The van der Waals surface area contributed by atoms with Crippen LogP contribution in [-0.4, -0.2) is 40.0 Å². The van der Waals surface area contributed by atoms with Crippen LogP contribution in [0.2, 0.25) is 0 Å². The van der Waals surface area contributed by atoms with Crippen molar-refractivity contribution in [2.24, 2.45) is 5.92 Å². The quantitative estimate of drug-likeness (QED) is 0.885. The Balaban J connectivity index is 1.58. The Kier molecular flexibility index (Phi) is 4.53. The molecule has 1 aliphatic heterocycles. The summed E-state index contributed by atoms with van der Waals surface area (Å²) in [7, 11) is 0. The van der Waals surface area contributed by atoms with Crippen molar-refractivity contribution in [3.05, 3.63) is 11.9 Å². The van der Waals surface area contributed by atoms with Gasteiger partial charge in [0, 0.05) is 6.04 Å². The Morgan fingerprint density at radius 3 is 2.90 bits per heavy atom. The molecule has 116 valence electrons. The molecule has 2 unspecified atom stereocenters. The zero-order chi connectivity index (χ0) is 14.7. The molecule has 6 nitrogen and oxygen atoms in total. The third-order valence-corrected chi connectivity index (χ3v) is 4.70. The minimum atomic E-state index is -0.0747.